The fraction of sp³-hybridized carbons (Fsp3) is 1.00. The molecular weight excluding hydrogens is 626 g/mol. The zero-order chi connectivity index (χ0) is 33.8. The highest BCUT2D eigenvalue weighted by atomic mass is 35.7. The standard InChI is InChI=1S/C8H18N.C7H16N.C5H12N.4C4H9.3Al.2ClH/c1-4-7-8-9(5-2)6-3;1-4-7-8(5-2)6-3;1-4-5-6(2)3;4*1-3-4-2;;;;;/h1,4-8H2,2-3H3;1,4-7H2,2-3H3;1,4-5H2,2-3H3;4*1,3-4H2,2H3;;;;2*1H/q;;;;;;;;;+2;;/p-2. The first kappa shape index (κ1) is 50.4. The van der Waals surface area contributed by atoms with Crippen molar-refractivity contribution in [3.05, 3.63) is 0 Å². The summed E-state index contributed by atoms with van der Waals surface area (Å²) < 4.78 is 0. The Morgan fingerprint density at radius 3 is 1.02 bits per heavy atom. The third-order valence-corrected chi connectivity index (χ3v) is 18.6. The monoisotopic (exact) mass is 708 g/mol. The second-order valence-corrected chi connectivity index (χ2v) is 25.4. The number of halogens is 2. The summed E-state index contributed by atoms with van der Waals surface area (Å²) in [7, 11) is 15.4. The fourth-order valence-electron chi connectivity index (χ4n) is 5.85. The SMILES string of the molecule is CCC[CH2][Al]([CH2]CCC)[CH2]CCCN(CC)CC.CCC[CH2][Al]([CH2]CCC)[CH2]CCN(CC)CC.CN(C)CC[CH2][Al]([Cl])[Cl]. The molecule has 44 heavy (non-hydrogen) atoms. The molecule has 0 aromatic rings. The molecule has 0 bridgehead atoms. The molecular formula is C36H82Al3Cl2N3. The third kappa shape index (κ3) is 40.2. The van der Waals surface area contributed by atoms with E-state index in [0.29, 0.717) is 0 Å². The highest BCUT2D eigenvalue weighted by Crippen LogP contribution is 2.17. The number of rotatable bonds is 29. The highest BCUT2D eigenvalue weighted by Gasteiger charge is 2.16. The van der Waals surface area contributed by atoms with Gasteiger partial charge in [-0.05, 0) is 72.8 Å². The molecule has 0 rings (SSSR count). The van der Waals surface area contributed by atoms with Crippen LogP contribution >= 0.6 is 20.1 Å². The van der Waals surface area contributed by atoms with Crippen LogP contribution in [0.3, 0.4) is 0 Å². The maximum Gasteiger partial charge on any atom is 0.519 e. The quantitative estimate of drug-likeness (QED) is 0.0566. The Bertz CT molecular complexity index is 487. The molecule has 0 fully saturated rings. The smallest absolute Gasteiger partial charge is 0.309 e. The van der Waals surface area contributed by atoms with Gasteiger partial charge in [-0.15, -0.1) is 0 Å². The van der Waals surface area contributed by atoms with E-state index in [1.165, 1.54) is 110 Å². The lowest BCUT2D eigenvalue weighted by Crippen LogP contribution is -2.25. The van der Waals surface area contributed by atoms with Crippen molar-refractivity contribution in [2.75, 3.05) is 59.9 Å². The van der Waals surface area contributed by atoms with Crippen molar-refractivity contribution in [2.24, 2.45) is 0 Å². The highest BCUT2D eigenvalue weighted by molar-refractivity contribution is 7.33. The third-order valence-electron chi connectivity index (χ3n) is 9.10. The van der Waals surface area contributed by atoms with Crippen LogP contribution in [-0.4, -0.2) is 115 Å². The van der Waals surface area contributed by atoms with Gasteiger partial charge >= 0.3 is 12.3 Å². The Morgan fingerprint density at radius 1 is 0.386 bits per heavy atom. The van der Waals surface area contributed by atoms with Gasteiger partial charge in [0.1, 0.15) is 0 Å². The summed E-state index contributed by atoms with van der Waals surface area (Å²) in [5.41, 5.74) is 0. The molecule has 0 saturated heterocycles. The lowest BCUT2D eigenvalue weighted by atomic mass is 10.3. The first-order valence-electron chi connectivity index (χ1n) is 19.6. The van der Waals surface area contributed by atoms with Crippen LogP contribution in [0.2, 0.25) is 37.0 Å². The lowest BCUT2D eigenvalue weighted by molar-refractivity contribution is 0.298. The summed E-state index contributed by atoms with van der Waals surface area (Å²) in [6.45, 7) is 27.2. The summed E-state index contributed by atoms with van der Waals surface area (Å²) >= 11 is -2.06. The van der Waals surface area contributed by atoms with E-state index in [4.69, 9.17) is 20.1 Å². The molecule has 264 valence electrons. The van der Waals surface area contributed by atoms with Gasteiger partial charge in [0.2, 0.25) is 0 Å². The second kappa shape index (κ2) is 41.2. The van der Waals surface area contributed by atoms with Crippen LogP contribution in [0.5, 0.6) is 0 Å². The largest absolute Gasteiger partial charge is 0.519 e. The van der Waals surface area contributed by atoms with Gasteiger partial charge in [-0.25, -0.2) is 20.1 Å². The summed E-state index contributed by atoms with van der Waals surface area (Å²) in [6.07, 6.45) is 17.1. The Morgan fingerprint density at radius 2 is 0.705 bits per heavy atom. The summed E-state index contributed by atoms with van der Waals surface area (Å²) in [4.78, 5) is 7.28. The summed E-state index contributed by atoms with van der Waals surface area (Å²) in [5.74, 6) is 0. The number of hydrogen-bond donors (Lipinski definition) is 0. The first-order chi connectivity index (χ1) is 21.2. The van der Waals surface area contributed by atoms with Gasteiger partial charge in [0, 0.05) is 0 Å². The fourth-order valence-corrected chi connectivity index (χ4v) is 14.6. The molecule has 0 spiro atoms. The van der Waals surface area contributed by atoms with Crippen LogP contribution < -0.4 is 0 Å². The van der Waals surface area contributed by atoms with Crippen LogP contribution in [0.4, 0.5) is 0 Å². The molecule has 0 N–H and O–H groups in total. The van der Waals surface area contributed by atoms with E-state index >= 15 is 0 Å². The number of nitrogens with zero attached hydrogens (tertiary/aromatic N) is 3. The van der Waals surface area contributed by atoms with Crippen LogP contribution in [-0.2, 0) is 0 Å². The molecule has 0 saturated carbocycles. The van der Waals surface area contributed by atoms with Crippen LogP contribution in [0, 0.1) is 0 Å². The van der Waals surface area contributed by atoms with E-state index < -0.39 is 12.3 Å². The second-order valence-electron chi connectivity index (χ2n) is 13.3. The number of hydrogen-bond acceptors (Lipinski definition) is 3. The van der Waals surface area contributed by atoms with Crippen LogP contribution in [0.1, 0.15) is 132 Å². The molecule has 3 nitrogen and oxygen atoms in total. The Balaban J connectivity index is -0.000000605. The van der Waals surface area contributed by atoms with E-state index in [1.54, 1.807) is 31.7 Å². The van der Waals surface area contributed by atoms with E-state index in [9.17, 15) is 0 Å². The molecule has 0 aliphatic rings. The molecule has 0 radical (unpaired) electrons. The summed E-state index contributed by atoms with van der Waals surface area (Å²) in [5, 5.41) is 10.7. The Hall–Kier alpha value is 2.06. The predicted molar refractivity (Wildman–Crippen MR) is 215 cm³/mol. The minimum atomic E-state index is -1.31. The molecule has 0 aliphatic carbocycles. The van der Waals surface area contributed by atoms with Gasteiger partial charge < -0.3 is 14.7 Å². The van der Waals surface area contributed by atoms with Gasteiger partial charge in [-0.2, -0.15) is 0 Å². The maximum absolute atomic E-state index is 5.65. The normalized spacial score (nSPS) is 11.0. The molecule has 8 heteroatoms. The van der Waals surface area contributed by atoms with Crippen LogP contribution in [0.25, 0.3) is 0 Å². The van der Waals surface area contributed by atoms with Crippen molar-refractivity contribution < 1.29 is 0 Å². The van der Waals surface area contributed by atoms with E-state index in [0.717, 1.165) is 18.2 Å². The van der Waals surface area contributed by atoms with Gasteiger partial charge in [-0.3, -0.25) is 0 Å². The van der Waals surface area contributed by atoms with E-state index in [2.05, 4.69) is 84.2 Å². The average Bonchev–Trinajstić information content (AvgIpc) is 3.01. The molecule has 0 amide bonds. The molecule has 0 heterocycles. The van der Waals surface area contributed by atoms with Gasteiger partial charge in [0.05, 0.1) is 0 Å². The van der Waals surface area contributed by atoms with Crippen LogP contribution in [0.15, 0.2) is 0 Å². The van der Waals surface area contributed by atoms with E-state index in [1.807, 2.05) is 0 Å². The Labute approximate surface area is 302 Å². The molecule has 0 unspecified atom stereocenters. The molecule has 0 aliphatic heterocycles. The predicted octanol–water partition coefficient (Wildman–Crippen LogP) is 11.9. The summed E-state index contributed by atoms with van der Waals surface area (Å²) in [6, 6.07) is 0. The van der Waals surface area contributed by atoms with Crippen molar-refractivity contribution in [3.8, 4) is 0 Å². The lowest BCUT2D eigenvalue weighted by Gasteiger charge is -2.19. The van der Waals surface area contributed by atoms with Crippen molar-refractivity contribution in [3.63, 3.8) is 0 Å². The van der Waals surface area contributed by atoms with E-state index in [-0.39, 0.29) is 28.3 Å². The minimum absolute atomic E-state index is 0.368. The van der Waals surface area contributed by atoms with Gasteiger partial charge in [0.25, 0.3) is 28.3 Å². The zero-order valence-electron chi connectivity index (χ0n) is 32.2. The molecule has 0 aromatic carbocycles. The van der Waals surface area contributed by atoms with Crippen molar-refractivity contribution >= 4 is 60.7 Å². The first-order valence-corrected chi connectivity index (χ1v) is 28.8. The molecule has 0 aromatic heterocycles. The van der Waals surface area contributed by atoms with Crippen molar-refractivity contribution in [1.29, 1.82) is 0 Å². The average molecular weight is 709 g/mol. The number of unbranched alkanes of at least 4 members (excludes halogenated alkanes) is 5. The topological polar surface area (TPSA) is 9.72 Å². The van der Waals surface area contributed by atoms with Crippen molar-refractivity contribution in [1.82, 2.24) is 14.7 Å². The zero-order valence-corrected chi connectivity index (χ0v) is 37.2. The minimum Gasteiger partial charge on any atom is -0.309 e. The van der Waals surface area contributed by atoms with Crippen molar-refractivity contribution in [2.45, 2.75) is 169 Å². The van der Waals surface area contributed by atoms with Gasteiger partial charge in [-0.1, -0.05) is 157 Å². The Kier molecular flexibility index (Phi) is 47.3. The maximum atomic E-state index is 5.65. The molecule has 0 atom stereocenters. The van der Waals surface area contributed by atoms with Gasteiger partial charge in [0.15, 0.2) is 0 Å².